The van der Waals surface area contributed by atoms with E-state index in [0.29, 0.717) is 0 Å². The fourth-order valence-electron chi connectivity index (χ4n) is 4.32. The lowest BCUT2D eigenvalue weighted by atomic mass is 10.0. The molecule has 3 heterocycles. The summed E-state index contributed by atoms with van der Waals surface area (Å²) in [5.41, 5.74) is 2.82. The molecule has 2 aromatic rings. The van der Waals surface area contributed by atoms with Gasteiger partial charge in [0.05, 0.1) is 0 Å². The molecule has 1 aromatic heterocycles. The minimum atomic E-state index is -1.82. The van der Waals surface area contributed by atoms with Gasteiger partial charge in [-0.05, 0) is 49.2 Å². The van der Waals surface area contributed by atoms with E-state index in [0.717, 1.165) is 19.1 Å². The molecule has 172 valence electrons. The van der Waals surface area contributed by atoms with Crippen LogP contribution in [0.3, 0.4) is 0 Å². The van der Waals surface area contributed by atoms with Crippen molar-refractivity contribution in [1.82, 2.24) is 19.7 Å². The normalized spacial score (nSPS) is 18.5. The van der Waals surface area contributed by atoms with Crippen LogP contribution in [0.5, 0.6) is 0 Å². The molecule has 2 saturated heterocycles. The van der Waals surface area contributed by atoms with Gasteiger partial charge in [-0.3, -0.25) is 19.7 Å². The number of piperazine rings is 1. The van der Waals surface area contributed by atoms with Crippen LogP contribution in [0.2, 0.25) is 0 Å². The molecule has 1 aromatic carbocycles. The van der Waals surface area contributed by atoms with Crippen LogP contribution in [0, 0.1) is 0 Å². The van der Waals surface area contributed by atoms with E-state index in [1.165, 1.54) is 63.2 Å². The molecule has 32 heavy (non-hydrogen) atoms. The summed E-state index contributed by atoms with van der Waals surface area (Å²) < 4.78 is 0. The Labute approximate surface area is 189 Å². The van der Waals surface area contributed by atoms with Crippen molar-refractivity contribution < 1.29 is 19.8 Å². The first kappa shape index (κ1) is 23.8. The quantitative estimate of drug-likeness (QED) is 0.682. The highest BCUT2D eigenvalue weighted by Gasteiger charge is 2.27. The number of likely N-dealkylation sites (tertiary alicyclic amines) is 1. The summed E-state index contributed by atoms with van der Waals surface area (Å²) in [7, 11) is 0. The Hall–Kier alpha value is -2.81. The molecule has 0 unspecified atom stereocenters. The third kappa shape index (κ3) is 7.71. The van der Waals surface area contributed by atoms with Gasteiger partial charge < -0.3 is 10.2 Å². The lowest BCUT2D eigenvalue weighted by Crippen LogP contribution is -2.52. The predicted octanol–water partition coefficient (Wildman–Crippen LogP) is 2.02. The number of aliphatic carboxylic acids is 2. The molecule has 0 radical (unpaired) electrons. The number of carboxylic acids is 2. The van der Waals surface area contributed by atoms with Gasteiger partial charge in [0.25, 0.3) is 0 Å². The highest BCUT2D eigenvalue weighted by atomic mass is 16.4. The van der Waals surface area contributed by atoms with E-state index in [2.05, 4.69) is 62.1 Å². The molecule has 2 N–H and O–H groups in total. The largest absolute Gasteiger partial charge is 0.473 e. The number of piperidine rings is 1. The van der Waals surface area contributed by atoms with Gasteiger partial charge in [0, 0.05) is 57.7 Å². The summed E-state index contributed by atoms with van der Waals surface area (Å²) in [6, 6.07) is 15.9. The van der Waals surface area contributed by atoms with Crippen LogP contribution < -0.4 is 0 Å². The standard InChI is InChI=1S/C22H30N4.C2H2O4/c1-2-4-20(5-3-1)18-24-12-8-22(9-13-24)26-16-14-25(15-17-26)19-21-6-10-23-11-7-21;3-1(4)2(5)6/h1-7,10-11,22H,8-9,12-19H2;(H,3,4)(H,5,6). The Morgan fingerprint density at radius 3 is 1.78 bits per heavy atom. The van der Waals surface area contributed by atoms with Crippen molar-refractivity contribution in [2.45, 2.75) is 32.0 Å². The zero-order valence-corrected chi connectivity index (χ0v) is 18.3. The predicted molar refractivity (Wildman–Crippen MR) is 121 cm³/mol. The highest BCUT2D eigenvalue weighted by molar-refractivity contribution is 6.27. The van der Waals surface area contributed by atoms with Crippen molar-refractivity contribution in [3.05, 3.63) is 66.0 Å². The Morgan fingerprint density at radius 1 is 0.750 bits per heavy atom. The van der Waals surface area contributed by atoms with Gasteiger partial charge >= 0.3 is 11.9 Å². The molecule has 8 nitrogen and oxygen atoms in total. The maximum atomic E-state index is 9.10. The fraction of sp³-hybridized carbons (Fsp3) is 0.458. The summed E-state index contributed by atoms with van der Waals surface area (Å²) in [6.45, 7) is 9.44. The van der Waals surface area contributed by atoms with E-state index < -0.39 is 11.9 Å². The number of nitrogens with zero attached hydrogens (tertiary/aromatic N) is 4. The number of rotatable bonds is 5. The van der Waals surface area contributed by atoms with Gasteiger partial charge in [-0.2, -0.15) is 0 Å². The van der Waals surface area contributed by atoms with Crippen LogP contribution in [0.4, 0.5) is 0 Å². The van der Waals surface area contributed by atoms with E-state index in [1.54, 1.807) is 0 Å². The summed E-state index contributed by atoms with van der Waals surface area (Å²) in [4.78, 5) is 30.2. The van der Waals surface area contributed by atoms with Gasteiger partial charge in [0.15, 0.2) is 0 Å². The first-order valence-corrected chi connectivity index (χ1v) is 11.1. The second-order valence-electron chi connectivity index (χ2n) is 8.27. The molecule has 0 amide bonds. The maximum absolute atomic E-state index is 9.10. The number of hydrogen-bond donors (Lipinski definition) is 2. The number of carbonyl (C=O) groups is 2. The van der Waals surface area contributed by atoms with E-state index in [9.17, 15) is 0 Å². The third-order valence-corrected chi connectivity index (χ3v) is 6.07. The molecule has 0 atom stereocenters. The van der Waals surface area contributed by atoms with Crippen molar-refractivity contribution in [2.24, 2.45) is 0 Å². The van der Waals surface area contributed by atoms with Crippen LogP contribution >= 0.6 is 0 Å². The summed E-state index contributed by atoms with van der Waals surface area (Å²) in [5, 5.41) is 14.8. The number of pyridine rings is 1. The summed E-state index contributed by atoms with van der Waals surface area (Å²) >= 11 is 0. The fourth-order valence-corrected chi connectivity index (χ4v) is 4.32. The number of benzene rings is 1. The van der Waals surface area contributed by atoms with Crippen LogP contribution in [-0.4, -0.2) is 87.1 Å². The first-order valence-electron chi connectivity index (χ1n) is 11.1. The van der Waals surface area contributed by atoms with E-state index >= 15 is 0 Å². The average Bonchev–Trinajstić information content (AvgIpc) is 2.82. The maximum Gasteiger partial charge on any atom is 0.414 e. The topological polar surface area (TPSA) is 97.2 Å². The van der Waals surface area contributed by atoms with Gasteiger partial charge in [-0.1, -0.05) is 30.3 Å². The Balaban J connectivity index is 0.000000427. The summed E-state index contributed by atoms with van der Waals surface area (Å²) in [6.07, 6.45) is 6.43. The van der Waals surface area contributed by atoms with Crippen LogP contribution in [0.1, 0.15) is 24.0 Å². The first-order chi connectivity index (χ1) is 15.5. The molecule has 0 aliphatic carbocycles. The number of hydrogen-bond acceptors (Lipinski definition) is 6. The van der Waals surface area contributed by atoms with Crippen LogP contribution in [0.15, 0.2) is 54.9 Å². The van der Waals surface area contributed by atoms with Gasteiger partial charge in [-0.15, -0.1) is 0 Å². The Morgan fingerprint density at radius 2 is 1.25 bits per heavy atom. The molecule has 2 aliphatic heterocycles. The molecule has 2 fully saturated rings. The van der Waals surface area contributed by atoms with E-state index in [-0.39, 0.29) is 0 Å². The molecular weight excluding hydrogens is 408 g/mol. The Bertz CT molecular complexity index is 762. The molecule has 0 saturated carbocycles. The van der Waals surface area contributed by atoms with E-state index in [1.807, 2.05) is 12.4 Å². The average molecular weight is 441 g/mol. The Kier molecular flexibility index (Phi) is 9.15. The van der Waals surface area contributed by atoms with Gasteiger partial charge in [0.1, 0.15) is 0 Å². The van der Waals surface area contributed by atoms with E-state index in [4.69, 9.17) is 19.8 Å². The summed E-state index contributed by atoms with van der Waals surface area (Å²) in [5.74, 6) is -3.65. The minimum absolute atomic E-state index is 0.782. The zero-order valence-electron chi connectivity index (χ0n) is 18.3. The molecule has 8 heteroatoms. The lowest BCUT2D eigenvalue weighted by Gasteiger charge is -2.42. The van der Waals surface area contributed by atoms with Gasteiger partial charge in [0.2, 0.25) is 0 Å². The van der Waals surface area contributed by atoms with Crippen LogP contribution in [0.25, 0.3) is 0 Å². The molecule has 0 spiro atoms. The lowest BCUT2D eigenvalue weighted by molar-refractivity contribution is -0.159. The SMILES string of the molecule is O=C(O)C(=O)O.c1ccc(CN2CCC(N3CCN(Cc4ccncc4)CC3)CC2)cc1. The monoisotopic (exact) mass is 440 g/mol. The molecule has 2 aliphatic rings. The highest BCUT2D eigenvalue weighted by Crippen LogP contribution is 2.20. The number of carboxylic acid groups (broad SMARTS) is 2. The second kappa shape index (κ2) is 12.3. The minimum Gasteiger partial charge on any atom is -0.473 e. The van der Waals surface area contributed by atoms with Crippen molar-refractivity contribution in [1.29, 1.82) is 0 Å². The van der Waals surface area contributed by atoms with Gasteiger partial charge in [-0.25, -0.2) is 9.59 Å². The van der Waals surface area contributed by atoms with Crippen molar-refractivity contribution in [2.75, 3.05) is 39.3 Å². The molecule has 0 bridgehead atoms. The molecular formula is C24H32N4O4. The number of aromatic nitrogens is 1. The van der Waals surface area contributed by atoms with Crippen LogP contribution in [-0.2, 0) is 22.7 Å². The van der Waals surface area contributed by atoms with Crippen molar-refractivity contribution in [3.8, 4) is 0 Å². The molecule has 4 rings (SSSR count). The van der Waals surface area contributed by atoms with Crippen molar-refractivity contribution >= 4 is 11.9 Å². The zero-order chi connectivity index (χ0) is 22.8. The smallest absolute Gasteiger partial charge is 0.414 e. The third-order valence-electron chi connectivity index (χ3n) is 6.07. The second-order valence-corrected chi connectivity index (χ2v) is 8.27. The van der Waals surface area contributed by atoms with Crippen molar-refractivity contribution in [3.63, 3.8) is 0 Å².